The molecule has 1 aliphatic heterocycles. The van der Waals surface area contributed by atoms with E-state index >= 15 is 0 Å². The van der Waals surface area contributed by atoms with Crippen LogP contribution in [-0.4, -0.2) is 43.2 Å². The summed E-state index contributed by atoms with van der Waals surface area (Å²) in [5, 5.41) is 0. The summed E-state index contributed by atoms with van der Waals surface area (Å²) in [6, 6.07) is 6.75. The van der Waals surface area contributed by atoms with E-state index in [1.807, 2.05) is 0 Å². The number of rotatable bonds is 3. The number of hydrogen-bond acceptors (Lipinski definition) is 3. The Morgan fingerprint density at radius 2 is 2.05 bits per heavy atom. The van der Waals surface area contributed by atoms with E-state index in [-0.39, 0.29) is 11.6 Å². The Balaban J connectivity index is 2.28. The fraction of sp³-hybridized carbons (Fsp3) is 0.625. The summed E-state index contributed by atoms with van der Waals surface area (Å²) in [5.74, 6) is 0. The molecule has 2 N–H and O–H groups in total. The highest BCUT2D eigenvalue weighted by Gasteiger charge is 2.31. The maximum Gasteiger partial charge on any atom is 0.0401 e. The highest BCUT2D eigenvalue weighted by molar-refractivity contribution is 9.10. The number of hydrogen-bond donors (Lipinski definition) is 1. The van der Waals surface area contributed by atoms with Crippen LogP contribution in [0.25, 0.3) is 0 Å². The molecule has 2 rings (SSSR count). The van der Waals surface area contributed by atoms with Gasteiger partial charge < -0.3 is 10.6 Å². The lowest BCUT2D eigenvalue weighted by Crippen LogP contribution is -2.57. The summed E-state index contributed by atoms with van der Waals surface area (Å²) < 4.78 is 1.13. The third-order valence-electron chi connectivity index (χ3n) is 4.24. The second-order valence-corrected chi connectivity index (χ2v) is 7.53. The van der Waals surface area contributed by atoms with Crippen molar-refractivity contribution in [1.82, 2.24) is 4.90 Å². The molecule has 1 aromatic rings. The summed E-state index contributed by atoms with van der Waals surface area (Å²) in [5.41, 5.74) is 8.89. The van der Waals surface area contributed by atoms with Crippen molar-refractivity contribution in [2.24, 2.45) is 5.73 Å². The Bertz CT molecular complexity index is 471. The zero-order chi connectivity index (χ0) is 14.9. The highest BCUT2D eigenvalue weighted by atomic mass is 79.9. The van der Waals surface area contributed by atoms with Gasteiger partial charge in [0.1, 0.15) is 0 Å². The van der Waals surface area contributed by atoms with Crippen molar-refractivity contribution in [2.45, 2.75) is 38.8 Å². The molecule has 20 heavy (non-hydrogen) atoms. The number of halogens is 1. The number of piperazine rings is 1. The molecule has 1 aromatic carbocycles. The normalized spacial score (nSPS) is 21.0. The molecule has 1 saturated heterocycles. The summed E-state index contributed by atoms with van der Waals surface area (Å²) in [6.07, 6.45) is 0.918. The van der Waals surface area contributed by atoms with Crippen molar-refractivity contribution in [3.05, 3.63) is 28.2 Å². The Morgan fingerprint density at radius 3 is 2.65 bits per heavy atom. The van der Waals surface area contributed by atoms with E-state index in [0.717, 1.165) is 30.5 Å². The number of nitrogens with zero attached hydrogens (tertiary/aromatic N) is 2. The summed E-state index contributed by atoms with van der Waals surface area (Å²) in [7, 11) is 2.21. The van der Waals surface area contributed by atoms with Gasteiger partial charge in [-0.3, -0.25) is 4.90 Å². The fourth-order valence-electron chi connectivity index (χ4n) is 2.82. The third kappa shape index (κ3) is 3.54. The molecular weight excluding hydrogens is 314 g/mol. The van der Waals surface area contributed by atoms with Gasteiger partial charge in [0.05, 0.1) is 0 Å². The monoisotopic (exact) mass is 339 g/mol. The van der Waals surface area contributed by atoms with E-state index in [2.05, 4.69) is 71.7 Å². The van der Waals surface area contributed by atoms with Gasteiger partial charge in [0.15, 0.2) is 0 Å². The summed E-state index contributed by atoms with van der Waals surface area (Å²) in [6.45, 7) is 9.91. The van der Waals surface area contributed by atoms with Gasteiger partial charge in [-0.15, -0.1) is 0 Å². The van der Waals surface area contributed by atoms with Crippen LogP contribution in [0.2, 0.25) is 0 Å². The van der Waals surface area contributed by atoms with Crippen LogP contribution in [0.4, 0.5) is 5.69 Å². The minimum absolute atomic E-state index is 0.184. The molecule has 0 saturated carbocycles. The second-order valence-electron chi connectivity index (χ2n) is 6.61. The first-order valence-corrected chi connectivity index (χ1v) is 8.09. The van der Waals surface area contributed by atoms with E-state index in [1.54, 1.807) is 0 Å². The summed E-state index contributed by atoms with van der Waals surface area (Å²) >= 11 is 3.57. The van der Waals surface area contributed by atoms with Crippen molar-refractivity contribution >= 4 is 21.6 Å². The molecule has 1 atom stereocenters. The SMILES string of the molecule is CC(N)Cc1cc(Br)ccc1N1CCN(C)C(C)(C)C1. The fourth-order valence-corrected chi connectivity index (χ4v) is 3.23. The maximum absolute atomic E-state index is 6.01. The van der Waals surface area contributed by atoms with Gasteiger partial charge in [-0.05, 0) is 58.0 Å². The zero-order valence-corrected chi connectivity index (χ0v) is 14.6. The van der Waals surface area contributed by atoms with Crippen molar-refractivity contribution in [2.75, 3.05) is 31.6 Å². The van der Waals surface area contributed by atoms with Crippen LogP contribution in [0.1, 0.15) is 26.3 Å². The minimum atomic E-state index is 0.184. The molecule has 0 aromatic heterocycles. The Kier molecular flexibility index (Phi) is 4.77. The topological polar surface area (TPSA) is 32.5 Å². The first kappa shape index (κ1) is 15.8. The van der Waals surface area contributed by atoms with Gasteiger partial charge in [0.25, 0.3) is 0 Å². The average molecular weight is 340 g/mol. The molecule has 0 amide bonds. The average Bonchev–Trinajstić information content (AvgIpc) is 2.32. The first-order valence-electron chi connectivity index (χ1n) is 7.30. The second kappa shape index (κ2) is 6.04. The predicted octanol–water partition coefficient (Wildman–Crippen LogP) is 2.87. The molecular formula is C16H26BrN3. The van der Waals surface area contributed by atoms with Crippen molar-refractivity contribution in [3.63, 3.8) is 0 Å². The van der Waals surface area contributed by atoms with Crippen LogP contribution in [-0.2, 0) is 6.42 Å². The van der Waals surface area contributed by atoms with Crippen LogP contribution < -0.4 is 10.6 Å². The summed E-state index contributed by atoms with van der Waals surface area (Å²) in [4.78, 5) is 4.94. The highest BCUT2D eigenvalue weighted by Crippen LogP contribution is 2.30. The third-order valence-corrected chi connectivity index (χ3v) is 4.73. The standard InChI is InChI=1S/C16H26BrN3/c1-12(18)9-13-10-14(17)5-6-15(13)20-8-7-19(4)16(2,3)11-20/h5-6,10,12H,7-9,11,18H2,1-4H3. The number of anilines is 1. The molecule has 1 heterocycles. The molecule has 4 heteroatoms. The lowest BCUT2D eigenvalue weighted by atomic mass is 9.97. The molecule has 0 aliphatic carbocycles. The van der Waals surface area contributed by atoms with Crippen molar-refractivity contribution in [1.29, 1.82) is 0 Å². The minimum Gasteiger partial charge on any atom is -0.368 e. The Morgan fingerprint density at radius 1 is 1.35 bits per heavy atom. The van der Waals surface area contributed by atoms with Gasteiger partial charge in [-0.1, -0.05) is 15.9 Å². The molecule has 1 aliphatic rings. The number of nitrogens with two attached hydrogens (primary N) is 1. The van der Waals surface area contributed by atoms with E-state index in [0.29, 0.717) is 0 Å². The van der Waals surface area contributed by atoms with Gasteiger partial charge in [0.2, 0.25) is 0 Å². The van der Waals surface area contributed by atoms with E-state index in [1.165, 1.54) is 11.3 Å². The smallest absolute Gasteiger partial charge is 0.0401 e. The first-order chi connectivity index (χ1) is 9.29. The molecule has 3 nitrogen and oxygen atoms in total. The lowest BCUT2D eigenvalue weighted by Gasteiger charge is -2.46. The van der Waals surface area contributed by atoms with Gasteiger partial charge >= 0.3 is 0 Å². The van der Waals surface area contributed by atoms with Crippen LogP contribution >= 0.6 is 15.9 Å². The van der Waals surface area contributed by atoms with E-state index < -0.39 is 0 Å². The van der Waals surface area contributed by atoms with Gasteiger partial charge in [-0.2, -0.15) is 0 Å². The molecule has 0 bridgehead atoms. The van der Waals surface area contributed by atoms with Crippen LogP contribution in [0.15, 0.2) is 22.7 Å². The van der Waals surface area contributed by atoms with Crippen molar-refractivity contribution in [3.8, 4) is 0 Å². The molecule has 0 radical (unpaired) electrons. The van der Waals surface area contributed by atoms with Gasteiger partial charge in [-0.25, -0.2) is 0 Å². The van der Waals surface area contributed by atoms with E-state index in [9.17, 15) is 0 Å². The number of benzene rings is 1. The Labute approximate surface area is 131 Å². The van der Waals surface area contributed by atoms with Gasteiger partial charge in [0, 0.05) is 41.4 Å². The predicted molar refractivity (Wildman–Crippen MR) is 90.4 cm³/mol. The maximum atomic E-state index is 6.01. The molecule has 1 unspecified atom stereocenters. The Hall–Kier alpha value is -0.580. The van der Waals surface area contributed by atoms with Crippen LogP contribution in [0.3, 0.4) is 0 Å². The molecule has 0 spiro atoms. The number of likely N-dealkylation sites (N-methyl/N-ethyl adjacent to an activating group) is 1. The van der Waals surface area contributed by atoms with Crippen molar-refractivity contribution < 1.29 is 0 Å². The van der Waals surface area contributed by atoms with E-state index in [4.69, 9.17) is 5.73 Å². The largest absolute Gasteiger partial charge is 0.368 e. The van der Waals surface area contributed by atoms with Crippen LogP contribution in [0.5, 0.6) is 0 Å². The lowest BCUT2D eigenvalue weighted by molar-refractivity contribution is 0.139. The zero-order valence-electron chi connectivity index (χ0n) is 13.0. The molecule has 112 valence electrons. The quantitative estimate of drug-likeness (QED) is 0.918. The molecule has 1 fully saturated rings. The van der Waals surface area contributed by atoms with Crippen LogP contribution in [0, 0.1) is 0 Å².